The zero-order chi connectivity index (χ0) is 14.5. The van der Waals surface area contributed by atoms with Crippen molar-refractivity contribution >= 4 is 0 Å². The molecule has 116 valence electrons. The van der Waals surface area contributed by atoms with Crippen molar-refractivity contribution in [3.8, 4) is 5.75 Å². The molecule has 2 aliphatic rings. The summed E-state index contributed by atoms with van der Waals surface area (Å²) in [5.41, 5.74) is 1.38. The lowest BCUT2D eigenvalue weighted by Crippen LogP contribution is -2.49. The van der Waals surface area contributed by atoms with Crippen LogP contribution in [0, 0.1) is 0 Å². The van der Waals surface area contributed by atoms with Crippen LogP contribution in [0.2, 0.25) is 0 Å². The van der Waals surface area contributed by atoms with E-state index in [0.717, 1.165) is 18.3 Å². The highest BCUT2D eigenvalue weighted by molar-refractivity contribution is 5.27. The summed E-state index contributed by atoms with van der Waals surface area (Å²) in [6, 6.07) is 9.19. The van der Waals surface area contributed by atoms with E-state index in [1.165, 1.54) is 57.7 Å². The van der Waals surface area contributed by atoms with E-state index in [0.29, 0.717) is 0 Å². The van der Waals surface area contributed by atoms with Crippen LogP contribution in [0.1, 0.15) is 18.4 Å². The maximum atomic E-state index is 5.21. The Bertz CT molecular complexity index is 420. The van der Waals surface area contributed by atoms with E-state index in [2.05, 4.69) is 39.4 Å². The van der Waals surface area contributed by atoms with Crippen molar-refractivity contribution in [2.45, 2.75) is 25.4 Å². The SMILES string of the molecule is COc1ccc(CN2CCN(CC3CCCN3)CC2)cc1. The van der Waals surface area contributed by atoms with Crippen LogP contribution in [-0.4, -0.2) is 62.2 Å². The van der Waals surface area contributed by atoms with Crippen LogP contribution in [0.4, 0.5) is 0 Å². The minimum absolute atomic E-state index is 0.734. The Kier molecular flexibility index (Phi) is 5.12. The first-order valence-corrected chi connectivity index (χ1v) is 8.14. The summed E-state index contributed by atoms with van der Waals surface area (Å²) >= 11 is 0. The average molecular weight is 289 g/mol. The molecule has 1 unspecified atom stereocenters. The molecule has 0 aliphatic carbocycles. The molecule has 2 saturated heterocycles. The summed E-state index contributed by atoms with van der Waals surface area (Å²) in [7, 11) is 1.72. The molecule has 0 aromatic heterocycles. The molecule has 2 fully saturated rings. The lowest BCUT2D eigenvalue weighted by atomic mass is 10.1. The highest BCUT2D eigenvalue weighted by Gasteiger charge is 2.21. The predicted octanol–water partition coefficient (Wildman–Crippen LogP) is 1.56. The molecule has 2 aliphatic heterocycles. The van der Waals surface area contributed by atoms with Crippen LogP contribution < -0.4 is 10.1 Å². The number of hydrogen-bond acceptors (Lipinski definition) is 4. The van der Waals surface area contributed by atoms with Gasteiger partial charge in [0.15, 0.2) is 0 Å². The molecule has 0 saturated carbocycles. The van der Waals surface area contributed by atoms with E-state index < -0.39 is 0 Å². The number of ether oxygens (including phenoxy) is 1. The van der Waals surface area contributed by atoms with Crippen LogP contribution in [0.25, 0.3) is 0 Å². The van der Waals surface area contributed by atoms with Crippen LogP contribution in [0.5, 0.6) is 5.75 Å². The van der Waals surface area contributed by atoms with Gasteiger partial charge in [-0.3, -0.25) is 9.80 Å². The zero-order valence-electron chi connectivity index (χ0n) is 13.1. The molecule has 1 N–H and O–H groups in total. The van der Waals surface area contributed by atoms with Crippen LogP contribution in [0.3, 0.4) is 0 Å². The number of methoxy groups -OCH3 is 1. The topological polar surface area (TPSA) is 27.7 Å². The summed E-state index contributed by atoms with van der Waals surface area (Å²) in [6.07, 6.45) is 2.70. The first-order chi connectivity index (χ1) is 10.3. The van der Waals surface area contributed by atoms with Crippen molar-refractivity contribution in [2.75, 3.05) is 46.4 Å². The van der Waals surface area contributed by atoms with Gasteiger partial charge in [-0.1, -0.05) is 12.1 Å². The second kappa shape index (κ2) is 7.25. The first-order valence-electron chi connectivity index (χ1n) is 8.14. The van der Waals surface area contributed by atoms with Crippen molar-refractivity contribution in [1.82, 2.24) is 15.1 Å². The van der Waals surface area contributed by atoms with Crippen molar-refractivity contribution in [2.24, 2.45) is 0 Å². The molecule has 0 amide bonds. The summed E-state index contributed by atoms with van der Waals surface area (Å²) in [5.74, 6) is 0.938. The van der Waals surface area contributed by atoms with Gasteiger partial charge in [-0.25, -0.2) is 0 Å². The van der Waals surface area contributed by atoms with E-state index in [-0.39, 0.29) is 0 Å². The summed E-state index contributed by atoms with van der Waals surface area (Å²) < 4.78 is 5.21. The maximum absolute atomic E-state index is 5.21. The Morgan fingerprint density at radius 2 is 1.81 bits per heavy atom. The van der Waals surface area contributed by atoms with Crippen molar-refractivity contribution in [1.29, 1.82) is 0 Å². The van der Waals surface area contributed by atoms with Gasteiger partial charge in [-0.2, -0.15) is 0 Å². The van der Waals surface area contributed by atoms with E-state index in [1.54, 1.807) is 7.11 Å². The van der Waals surface area contributed by atoms with Gasteiger partial charge < -0.3 is 10.1 Å². The smallest absolute Gasteiger partial charge is 0.118 e. The molecule has 0 bridgehead atoms. The lowest BCUT2D eigenvalue weighted by molar-refractivity contribution is 0.120. The second-order valence-electron chi connectivity index (χ2n) is 6.22. The average Bonchev–Trinajstić information content (AvgIpc) is 3.03. The summed E-state index contributed by atoms with van der Waals surface area (Å²) in [5, 5.41) is 3.60. The standard InChI is InChI=1S/C17H27N3O/c1-21-17-6-4-15(5-7-17)13-19-9-11-20(12-10-19)14-16-3-2-8-18-16/h4-7,16,18H,2-3,8-14H2,1H3. The summed E-state index contributed by atoms with van der Waals surface area (Å²) in [4.78, 5) is 5.17. The number of piperazine rings is 1. The Morgan fingerprint density at radius 1 is 1.10 bits per heavy atom. The molecule has 1 aromatic carbocycles. The van der Waals surface area contributed by atoms with Gasteiger partial charge in [0.2, 0.25) is 0 Å². The van der Waals surface area contributed by atoms with E-state index >= 15 is 0 Å². The van der Waals surface area contributed by atoms with Gasteiger partial charge >= 0.3 is 0 Å². The molecule has 1 aromatic rings. The van der Waals surface area contributed by atoms with Crippen LogP contribution in [-0.2, 0) is 6.54 Å². The second-order valence-corrected chi connectivity index (χ2v) is 6.22. The Balaban J connectivity index is 1.42. The van der Waals surface area contributed by atoms with E-state index in [1.807, 2.05) is 0 Å². The molecule has 0 spiro atoms. The highest BCUT2D eigenvalue weighted by Crippen LogP contribution is 2.15. The van der Waals surface area contributed by atoms with Crippen molar-refractivity contribution in [3.05, 3.63) is 29.8 Å². The third-order valence-electron chi connectivity index (χ3n) is 4.67. The third kappa shape index (κ3) is 4.19. The largest absolute Gasteiger partial charge is 0.497 e. The number of hydrogen-bond donors (Lipinski definition) is 1. The van der Waals surface area contributed by atoms with Gasteiger partial charge in [-0.15, -0.1) is 0 Å². The molecule has 21 heavy (non-hydrogen) atoms. The number of rotatable bonds is 5. The van der Waals surface area contributed by atoms with Crippen LogP contribution in [0.15, 0.2) is 24.3 Å². The maximum Gasteiger partial charge on any atom is 0.118 e. The number of benzene rings is 1. The van der Waals surface area contributed by atoms with Gasteiger partial charge in [0, 0.05) is 45.3 Å². The quantitative estimate of drug-likeness (QED) is 0.890. The predicted molar refractivity (Wildman–Crippen MR) is 85.7 cm³/mol. The van der Waals surface area contributed by atoms with Crippen LogP contribution >= 0.6 is 0 Å². The Morgan fingerprint density at radius 3 is 2.43 bits per heavy atom. The molecular formula is C17H27N3O. The van der Waals surface area contributed by atoms with Gasteiger partial charge in [-0.05, 0) is 37.1 Å². The van der Waals surface area contributed by atoms with Gasteiger partial charge in [0.25, 0.3) is 0 Å². The zero-order valence-corrected chi connectivity index (χ0v) is 13.1. The monoisotopic (exact) mass is 289 g/mol. The van der Waals surface area contributed by atoms with Crippen molar-refractivity contribution < 1.29 is 4.74 Å². The molecule has 0 radical (unpaired) electrons. The molecule has 4 heteroatoms. The van der Waals surface area contributed by atoms with Gasteiger partial charge in [0.1, 0.15) is 5.75 Å². The Labute approximate surface area is 128 Å². The van der Waals surface area contributed by atoms with Gasteiger partial charge in [0.05, 0.1) is 7.11 Å². The lowest BCUT2D eigenvalue weighted by Gasteiger charge is -2.36. The fourth-order valence-electron chi connectivity index (χ4n) is 3.34. The van der Waals surface area contributed by atoms with Crippen molar-refractivity contribution in [3.63, 3.8) is 0 Å². The number of nitrogens with zero attached hydrogens (tertiary/aromatic N) is 2. The third-order valence-corrected chi connectivity index (χ3v) is 4.67. The highest BCUT2D eigenvalue weighted by atomic mass is 16.5. The first kappa shape index (κ1) is 14.8. The van der Waals surface area contributed by atoms with E-state index in [9.17, 15) is 0 Å². The fourth-order valence-corrected chi connectivity index (χ4v) is 3.34. The molecular weight excluding hydrogens is 262 g/mol. The Hall–Kier alpha value is -1.10. The minimum Gasteiger partial charge on any atom is -0.497 e. The molecule has 4 nitrogen and oxygen atoms in total. The molecule has 2 heterocycles. The molecule has 1 atom stereocenters. The minimum atomic E-state index is 0.734. The normalized spacial score (nSPS) is 24.3. The fraction of sp³-hybridized carbons (Fsp3) is 0.647. The van der Waals surface area contributed by atoms with E-state index in [4.69, 9.17) is 4.74 Å². The number of nitrogens with one attached hydrogen (secondary N) is 1. The molecule has 3 rings (SSSR count). The summed E-state index contributed by atoms with van der Waals surface area (Å²) in [6.45, 7) is 8.26.